The first-order valence-electron chi connectivity index (χ1n) is 5.44. The molecular weight excluding hydrogens is 188 g/mol. The first kappa shape index (κ1) is 11.8. The molecule has 82 valence electrons. The molecule has 0 aliphatic heterocycles. The lowest BCUT2D eigenvalue weighted by Gasteiger charge is -2.08. The molecule has 2 heteroatoms. The minimum atomic E-state index is 0.123. The Kier molecular flexibility index (Phi) is 4.35. The number of phenolic OH excluding ortho intramolecular Hbond substituents is 1. The van der Waals surface area contributed by atoms with Gasteiger partial charge in [0.15, 0.2) is 0 Å². The summed E-state index contributed by atoms with van der Waals surface area (Å²) in [4.78, 5) is 11.4. The van der Waals surface area contributed by atoms with E-state index < -0.39 is 0 Å². The van der Waals surface area contributed by atoms with Crippen LogP contribution >= 0.6 is 0 Å². The summed E-state index contributed by atoms with van der Waals surface area (Å²) in [6.45, 7) is 3.86. The quantitative estimate of drug-likeness (QED) is 0.804. The number of phenols is 1. The van der Waals surface area contributed by atoms with Crippen LogP contribution in [0.3, 0.4) is 0 Å². The third-order valence-electron chi connectivity index (χ3n) is 2.67. The predicted molar refractivity (Wildman–Crippen MR) is 60.9 cm³/mol. The molecule has 0 bridgehead atoms. The topological polar surface area (TPSA) is 37.3 Å². The number of carbonyl (C=O) groups is 1. The van der Waals surface area contributed by atoms with E-state index >= 15 is 0 Å². The second-order valence-corrected chi connectivity index (χ2v) is 3.93. The molecule has 15 heavy (non-hydrogen) atoms. The van der Waals surface area contributed by atoms with Crippen LogP contribution in [0.4, 0.5) is 0 Å². The van der Waals surface area contributed by atoms with Crippen LogP contribution in [0.15, 0.2) is 24.3 Å². The monoisotopic (exact) mass is 206 g/mol. The zero-order chi connectivity index (χ0) is 11.3. The summed E-state index contributed by atoms with van der Waals surface area (Å²) in [5.41, 5.74) is 1.09. The van der Waals surface area contributed by atoms with Gasteiger partial charge < -0.3 is 5.11 Å². The molecule has 0 aliphatic carbocycles. The van der Waals surface area contributed by atoms with Crippen LogP contribution in [-0.2, 0) is 11.2 Å². The van der Waals surface area contributed by atoms with Crippen LogP contribution in [0, 0.1) is 5.92 Å². The van der Waals surface area contributed by atoms with Gasteiger partial charge in [0, 0.05) is 12.3 Å². The Morgan fingerprint density at radius 2 is 2.20 bits per heavy atom. The molecule has 1 unspecified atom stereocenters. The smallest absolute Gasteiger partial charge is 0.135 e. The zero-order valence-corrected chi connectivity index (χ0v) is 9.36. The third-order valence-corrected chi connectivity index (χ3v) is 2.67. The maximum atomic E-state index is 11.4. The summed E-state index contributed by atoms with van der Waals surface area (Å²) in [5, 5.41) is 9.27. The highest BCUT2D eigenvalue weighted by atomic mass is 16.3. The first-order valence-corrected chi connectivity index (χ1v) is 5.44. The molecule has 0 spiro atoms. The number of rotatable bonds is 5. The Labute approximate surface area is 90.9 Å². The van der Waals surface area contributed by atoms with E-state index in [4.69, 9.17) is 0 Å². The van der Waals surface area contributed by atoms with Crippen molar-refractivity contribution in [3.63, 3.8) is 0 Å². The molecule has 0 saturated carbocycles. The van der Waals surface area contributed by atoms with E-state index in [1.807, 2.05) is 26.0 Å². The van der Waals surface area contributed by atoms with Gasteiger partial charge in [0.05, 0.1) is 0 Å². The van der Waals surface area contributed by atoms with Crippen molar-refractivity contribution < 1.29 is 9.90 Å². The zero-order valence-electron chi connectivity index (χ0n) is 9.36. The molecule has 0 radical (unpaired) electrons. The standard InChI is InChI=1S/C13H18O2/c1-3-13(15)10(2)7-8-11-5-4-6-12(14)9-11/h4-6,9-10,14H,3,7-8H2,1-2H3. The van der Waals surface area contributed by atoms with Gasteiger partial charge in [-0.25, -0.2) is 0 Å². The fraction of sp³-hybridized carbons (Fsp3) is 0.462. The number of aryl methyl sites for hydroxylation is 1. The second-order valence-electron chi connectivity index (χ2n) is 3.93. The van der Waals surface area contributed by atoms with Gasteiger partial charge in [0.2, 0.25) is 0 Å². The van der Waals surface area contributed by atoms with E-state index in [1.165, 1.54) is 0 Å². The maximum absolute atomic E-state index is 11.4. The van der Waals surface area contributed by atoms with Gasteiger partial charge in [-0.15, -0.1) is 0 Å². The van der Waals surface area contributed by atoms with Gasteiger partial charge in [-0.3, -0.25) is 4.79 Å². The van der Waals surface area contributed by atoms with Crippen molar-refractivity contribution >= 4 is 5.78 Å². The van der Waals surface area contributed by atoms with Crippen molar-refractivity contribution in [2.75, 3.05) is 0 Å². The molecule has 2 nitrogen and oxygen atoms in total. The van der Waals surface area contributed by atoms with Gasteiger partial charge in [0.25, 0.3) is 0 Å². The van der Waals surface area contributed by atoms with Crippen molar-refractivity contribution in [2.45, 2.75) is 33.1 Å². The first-order chi connectivity index (χ1) is 7.13. The molecule has 1 aromatic carbocycles. The summed E-state index contributed by atoms with van der Waals surface area (Å²) in [6, 6.07) is 7.22. The Bertz CT molecular complexity index is 331. The molecule has 0 aliphatic rings. The van der Waals surface area contributed by atoms with Crippen LogP contribution in [-0.4, -0.2) is 10.9 Å². The molecule has 1 aromatic rings. The molecule has 0 saturated heterocycles. The Balaban J connectivity index is 2.47. The maximum Gasteiger partial charge on any atom is 0.135 e. The SMILES string of the molecule is CCC(=O)C(C)CCc1cccc(O)c1. The second kappa shape index (κ2) is 5.54. The van der Waals surface area contributed by atoms with Gasteiger partial charge in [-0.05, 0) is 30.5 Å². The van der Waals surface area contributed by atoms with Crippen molar-refractivity contribution in [2.24, 2.45) is 5.92 Å². The summed E-state index contributed by atoms with van der Waals surface area (Å²) in [6.07, 6.45) is 2.32. The lowest BCUT2D eigenvalue weighted by atomic mass is 9.96. The Morgan fingerprint density at radius 3 is 2.80 bits per heavy atom. The molecule has 1 N–H and O–H groups in total. The number of benzene rings is 1. The molecule has 0 aromatic heterocycles. The lowest BCUT2D eigenvalue weighted by molar-refractivity contribution is -0.122. The number of ketones is 1. The van der Waals surface area contributed by atoms with Crippen LogP contribution in [0.25, 0.3) is 0 Å². The summed E-state index contributed by atoms with van der Waals surface area (Å²) in [7, 11) is 0. The van der Waals surface area contributed by atoms with E-state index in [0.717, 1.165) is 18.4 Å². The molecule has 0 fully saturated rings. The van der Waals surface area contributed by atoms with E-state index in [-0.39, 0.29) is 5.92 Å². The predicted octanol–water partition coefficient (Wildman–Crippen LogP) is 2.94. The van der Waals surface area contributed by atoms with E-state index in [0.29, 0.717) is 18.0 Å². The van der Waals surface area contributed by atoms with Gasteiger partial charge in [0.1, 0.15) is 11.5 Å². The molecular formula is C13H18O2. The number of hydrogen-bond acceptors (Lipinski definition) is 2. The number of aromatic hydroxyl groups is 1. The van der Waals surface area contributed by atoms with Crippen molar-refractivity contribution in [3.8, 4) is 5.75 Å². The van der Waals surface area contributed by atoms with E-state index in [9.17, 15) is 9.90 Å². The average molecular weight is 206 g/mol. The molecule has 0 heterocycles. The molecule has 0 amide bonds. The molecule has 1 rings (SSSR count). The number of carbonyl (C=O) groups excluding carboxylic acids is 1. The Morgan fingerprint density at radius 1 is 1.47 bits per heavy atom. The third kappa shape index (κ3) is 3.74. The minimum Gasteiger partial charge on any atom is -0.508 e. The van der Waals surface area contributed by atoms with Crippen LogP contribution in [0.1, 0.15) is 32.3 Å². The number of Topliss-reactive ketones (excluding diaryl/α,β-unsaturated/α-hetero) is 1. The summed E-state index contributed by atoms with van der Waals surface area (Å²) < 4.78 is 0. The van der Waals surface area contributed by atoms with Gasteiger partial charge in [-0.1, -0.05) is 26.0 Å². The van der Waals surface area contributed by atoms with Gasteiger partial charge >= 0.3 is 0 Å². The lowest BCUT2D eigenvalue weighted by Crippen LogP contribution is -2.10. The fourth-order valence-electron chi connectivity index (χ4n) is 1.60. The minimum absolute atomic E-state index is 0.123. The highest BCUT2D eigenvalue weighted by Crippen LogP contribution is 2.15. The van der Waals surface area contributed by atoms with Crippen LogP contribution in [0.5, 0.6) is 5.75 Å². The van der Waals surface area contributed by atoms with Crippen molar-refractivity contribution in [1.82, 2.24) is 0 Å². The van der Waals surface area contributed by atoms with Crippen molar-refractivity contribution in [3.05, 3.63) is 29.8 Å². The van der Waals surface area contributed by atoms with E-state index in [2.05, 4.69) is 0 Å². The normalized spacial score (nSPS) is 12.4. The largest absolute Gasteiger partial charge is 0.508 e. The van der Waals surface area contributed by atoms with Gasteiger partial charge in [-0.2, -0.15) is 0 Å². The average Bonchev–Trinajstić information content (AvgIpc) is 2.25. The number of hydrogen-bond donors (Lipinski definition) is 1. The summed E-state index contributed by atoms with van der Waals surface area (Å²) >= 11 is 0. The Hall–Kier alpha value is -1.31. The van der Waals surface area contributed by atoms with E-state index in [1.54, 1.807) is 12.1 Å². The molecule has 1 atom stereocenters. The van der Waals surface area contributed by atoms with Crippen LogP contribution < -0.4 is 0 Å². The summed E-state index contributed by atoms with van der Waals surface area (Å²) in [5.74, 6) is 0.731. The highest BCUT2D eigenvalue weighted by Gasteiger charge is 2.10. The highest BCUT2D eigenvalue weighted by molar-refractivity contribution is 5.80. The van der Waals surface area contributed by atoms with Crippen LogP contribution in [0.2, 0.25) is 0 Å². The van der Waals surface area contributed by atoms with Crippen molar-refractivity contribution in [1.29, 1.82) is 0 Å². The fourth-order valence-corrected chi connectivity index (χ4v) is 1.60.